The van der Waals surface area contributed by atoms with Gasteiger partial charge in [0.25, 0.3) is 0 Å². The first-order chi connectivity index (χ1) is 9.15. The zero-order valence-corrected chi connectivity index (χ0v) is 11.2. The molecule has 4 heteroatoms. The van der Waals surface area contributed by atoms with Crippen LogP contribution in [0, 0.1) is 0 Å². The highest BCUT2D eigenvalue weighted by molar-refractivity contribution is 6.31. The average molecular weight is 275 g/mol. The number of nitrogens with two attached hydrogens (primary N) is 1. The molecule has 0 aliphatic rings. The number of halogens is 1. The van der Waals surface area contributed by atoms with E-state index in [4.69, 9.17) is 17.3 Å². The van der Waals surface area contributed by atoms with Crippen LogP contribution in [0.3, 0.4) is 0 Å². The van der Waals surface area contributed by atoms with Crippen molar-refractivity contribution in [3.05, 3.63) is 64.7 Å². The molecular weight excluding hydrogens is 260 g/mol. The smallest absolute Gasteiger partial charge is 0.224 e. The number of carbonyl (C=O) groups excluding carboxylic acids is 1. The number of amides is 1. The van der Waals surface area contributed by atoms with Crippen molar-refractivity contribution in [2.75, 3.05) is 5.73 Å². The van der Waals surface area contributed by atoms with Crippen LogP contribution in [0.5, 0.6) is 0 Å². The molecule has 98 valence electrons. The molecule has 2 aromatic rings. The molecular formula is C15H15ClN2O. The number of rotatable bonds is 4. The van der Waals surface area contributed by atoms with E-state index in [0.717, 1.165) is 11.1 Å². The maximum Gasteiger partial charge on any atom is 0.224 e. The topological polar surface area (TPSA) is 55.1 Å². The fourth-order valence-corrected chi connectivity index (χ4v) is 1.92. The summed E-state index contributed by atoms with van der Waals surface area (Å²) in [7, 11) is 0. The standard InChI is InChI=1S/C15H15ClN2O/c16-14-4-2-1-3-12(14)9-15(19)18-10-11-5-7-13(17)8-6-11/h1-8H,9-10,17H2,(H,18,19). The van der Waals surface area contributed by atoms with Gasteiger partial charge in [-0.05, 0) is 29.3 Å². The Morgan fingerprint density at radius 1 is 1.11 bits per heavy atom. The van der Waals surface area contributed by atoms with Crippen molar-refractivity contribution in [2.24, 2.45) is 0 Å². The Kier molecular flexibility index (Phi) is 4.42. The van der Waals surface area contributed by atoms with Crippen molar-refractivity contribution in [3.8, 4) is 0 Å². The third-order valence-corrected chi connectivity index (χ3v) is 3.15. The van der Waals surface area contributed by atoms with Gasteiger partial charge in [-0.1, -0.05) is 41.9 Å². The highest BCUT2D eigenvalue weighted by Crippen LogP contribution is 2.15. The number of nitrogens with one attached hydrogen (secondary N) is 1. The molecule has 0 spiro atoms. The van der Waals surface area contributed by atoms with Crippen molar-refractivity contribution in [3.63, 3.8) is 0 Å². The summed E-state index contributed by atoms with van der Waals surface area (Å²) in [6, 6.07) is 14.8. The van der Waals surface area contributed by atoms with Crippen molar-refractivity contribution < 1.29 is 4.79 Å². The van der Waals surface area contributed by atoms with Gasteiger partial charge in [-0.15, -0.1) is 0 Å². The molecule has 0 aliphatic heterocycles. The van der Waals surface area contributed by atoms with E-state index in [9.17, 15) is 4.79 Å². The lowest BCUT2D eigenvalue weighted by Crippen LogP contribution is -2.24. The summed E-state index contributed by atoms with van der Waals surface area (Å²) in [5.41, 5.74) is 8.16. The van der Waals surface area contributed by atoms with Crippen LogP contribution < -0.4 is 11.1 Å². The zero-order valence-electron chi connectivity index (χ0n) is 10.4. The van der Waals surface area contributed by atoms with E-state index in [1.54, 1.807) is 6.07 Å². The Bertz CT molecular complexity index is 567. The largest absolute Gasteiger partial charge is 0.399 e. The summed E-state index contributed by atoms with van der Waals surface area (Å²) in [4.78, 5) is 11.8. The normalized spacial score (nSPS) is 10.2. The SMILES string of the molecule is Nc1ccc(CNC(=O)Cc2ccccc2Cl)cc1. The van der Waals surface area contributed by atoms with Crippen molar-refractivity contribution in [1.29, 1.82) is 0 Å². The van der Waals surface area contributed by atoms with Gasteiger partial charge in [0.15, 0.2) is 0 Å². The van der Waals surface area contributed by atoms with Gasteiger partial charge in [-0.25, -0.2) is 0 Å². The molecule has 0 radical (unpaired) electrons. The summed E-state index contributed by atoms with van der Waals surface area (Å²) in [5.74, 6) is -0.0510. The maximum absolute atomic E-state index is 11.8. The number of hydrogen-bond donors (Lipinski definition) is 2. The molecule has 19 heavy (non-hydrogen) atoms. The van der Waals surface area contributed by atoms with E-state index in [1.807, 2.05) is 42.5 Å². The molecule has 2 rings (SSSR count). The van der Waals surface area contributed by atoms with Crippen LogP contribution >= 0.6 is 11.6 Å². The minimum Gasteiger partial charge on any atom is -0.399 e. The second kappa shape index (κ2) is 6.25. The number of hydrogen-bond acceptors (Lipinski definition) is 2. The fourth-order valence-electron chi connectivity index (χ4n) is 1.71. The van der Waals surface area contributed by atoms with Gasteiger partial charge < -0.3 is 11.1 Å². The van der Waals surface area contributed by atoms with Crippen molar-refractivity contribution in [2.45, 2.75) is 13.0 Å². The van der Waals surface area contributed by atoms with E-state index in [1.165, 1.54) is 0 Å². The first kappa shape index (κ1) is 13.4. The highest BCUT2D eigenvalue weighted by atomic mass is 35.5. The molecule has 3 N–H and O–H groups in total. The van der Waals surface area contributed by atoms with Crippen LogP contribution in [0.25, 0.3) is 0 Å². The molecule has 0 aromatic heterocycles. The number of benzene rings is 2. The minimum absolute atomic E-state index is 0.0510. The third kappa shape index (κ3) is 4.00. The molecule has 0 unspecified atom stereocenters. The van der Waals surface area contributed by atoms with Crippen LogP contribution in [-0.4, -0.2) is 5.91 Å². The summed E-state index contributed by atoms with van der Waals surface area (Å²) in [5, 5.41) is 3.47. The van der Waals surface area contributed by atoms with Gasteiger partial charge in [-0.3, -0.25) is 4.79 Å². The fraction of sp³-hybridized carbons (Fsp3) is 0.133. The molecule has 0 heterocycles. The van der Waals surface area contributed by atoms with E-state index in [0.29, 0.717) is 17.3 Å². The van der Waals surface area contributed by atoms with E-state index in [2.05, 4.69) is 5.32 Å². The van der Waals surface area contributed by atoms with Crippen LogP contribution in [0.1, 0.15) is 11.1 Å². The van der Waals surface area contributed by atoms with Gasteiger partial charge in [0, 0.05) is 17.3 Å². The van der Waals surface area contributed by atoms with Crippen LogP contribution in [0.4, 0.5) is 5.69 Å². The first-order valence-corrected chi connectivity index (χ1v) is 6.37. The Morgan fingerprint density at radius 2 is 1.79 bits per heavy atom. The van der Waals surface area contributed by atoms with Gasteiger partial charge in [0.05, 0.1) is 6.42 Å². The predicted octanol–water partition coefficient (Wildman–Crippen LogP) is 2.78. The molecule has 0 aliphatic carbocycles. The van der Waals surface area contributed by atoms with Crippen molar-refractivity contribution >= 4 is 23.2 Å². The lowest BCUT2D eigenvalue weighted by Gasteiger charge is -2.07. The van der Waals surface area contributed by atoms with E-state index >= 15 is 0 Å². The Balaban J connectivity index is 1.88. The van der Waals surface area contributed by atoms with Crippen molar-refractivity contribution in [1.82, 2.24) is 5.32 Å². The summed E-state index contributed by atoms with van der Waals surface area (Å²) in [6.45, 7) is 0.490. The zero-order chi connectivity index (χ0) is 13.7. The van der Waals surface area contributed by atoms with Gasteiger partial charge in [0.1, 0.15) is 0 Å². The molecule has 0 saturated carbocycles. The molecule has 2 aromatic carbocycles. The monoisotopic (exact) mass is 274 g/mol. The minimum atomic E-state index is -0.0510. The van der Waals surface area contributed by atoms with Crippen LogP contribution in [0.15, 0.2) is 48.5 Å². The molecule has 0 fully saturated rings. The first-order valence-electron chi connectivity index (χ1n) is 5.99. The van der Waals surface area contributed by atoms with Crippen LogP contribution in [-0.2, 0) is 17.8 Å². The van der Waals surface area contributed by atoms with Gasteiger partial charge in [-0.2, -0.15) is 0 Å². The molecule has 0 saturated heterocycles. The number of carbonyl (C=O) groups is 1. The second-order valence-electron chi connectivity index (χ2n) is 4.29. The Morgan fingerprint density at radius 3 is 2.47 bits per heavy atom. The van der Waals surface area contributed by atoms with Gasteiger partial charge >= 0.3 is 0 Å². The van der Waals surface area contributed by atoms with Gasteiger partial charge in [0.2, 0.25) is 5.91 Å². The molecule has 0 atom stereocenters. The average Bonchev–Trinajstić information content (AvgIpc) is 2.41. The summed E-state index contributed by atoms with van der Waals surface area (Å²) in [6.07, 6.45) is 0.286. The second-order valence-corrected chi connectivity index (χ2v) is 4.69. The quantitative estimate of drug-likeness (QED) is 0.843. The lowest BCUT2D eigenvalue weighted by atomic mass is 10.1. The molecule has 0 bridgehead atoms. The lowest BCUT2D eigenvalue weighted by molar-refractivity contribution is -0.120. The number of anilines is 1. The van der Waals surface area contributed by atoms with E-state index < -0.39 is 0 Å². The molecule has 1 amide bonds. The summed E-state index contributed by atoms with van der Waals surface area (Å²) >= 11 is 6.01. The number of nitrogen functional groups attached to an aromatic ring is 1. The maximum atomic E-state index is 11.8. The van der Waals surface area contributed by atoms with Crippen LogP contribution in [0.2, 0.25) is 5.02 Å². The van der Waals surface area contributed by atoms with E-state index in [-0.39, 0.29) is 12.3 Å². The Hall–Kier alpha value is -2.00. The Labute approximate surface area is 117 Å². The predicted molar refractivity (Wildman–Crippen MR) is 77.9 cm³/mol. The molecule has 3 nitrogen and oxygen atoms in total. The highest BCUT2D eigenvalue weighted by Gasteiger charge is 2.06. The third-order valence-electron chi connectivity index (χ3n) is 2.78. The summed E-state index contributed by atoms with van der Waals surface area (Å²) < 4.78 is 0.